The lowest BCUT2D eigenvalue weighted by molar-refractivity contribution is -0.384. The Morgan fingerprint density at radius 1 is 1.60 bits per heavy atom. The molecule has 7 heteroatoms. The summed E-state index contributed by atoms with van der Waals surface area (Å²) in [7, 11) is 0. The summed E-state index contributed by atoms with van der Waals surface area (Å²) in [6, 6.07) is 3.91. The van der Waals surface area contributed by atoms with Gasteiger partial charge >= 0.3 is 0 Å². The third-order valence-corrected chi connectivity index (χ3v) is 3.36. The number of hydrogen-bond acceptors (Lipinski definition) is 5. The molecule has 1 atom stereocenters. The van der Waals surface area contributed by atoms with Crippen LogP contribution in [0.2, 0.25) is 0 Å². The highest BCUT2D eigenvalue weighted by atomic mass is 16.6. The SMILES string of the molecule is CCC1CN(C(=O)c2cc([N+](=O)[O-])ccc2N)CCO1. The lowest BCUT2D eigenvalue weighted by Crippen LogP contribution is -2.45. The average molecular weight is 279 g/mol. The van der Waals surface area contributed by atoms with Gasteiger partial charge in [-0.15, -0.1) is 0 Å². The largest absolute Gasteiger partial charge is 0.398 e. The molecule has 0 saturated carbocycles. The van der Waals surface area contributed by atoms with E-state index < -0.39 is 4.92 Å². The third kappa shape index (κ3) is 2.88. The molecule has 1 aliphatic rings. The standard InChI is InChI=1S/C13H17N3O4/c1-2-10-8-15(5-6-20-10)13(17)11-7-9(16(18)19)3-4-12(11)14/h3-4,7,10H,2,5-6,8,14H2,1H3. The van der Waals surface area contributed by atoms with Crippen LogP contribution in [-0.4, -0.2) is 41.5 Å². The Kier molecular flexibility index (Phi) is 4.19. The normalized spacial score (nSPS) is 18.9. The predicted octanol–water partition coefficient (Wildman–Crippen LogP) is 1.43. The van der Waals surface area contributed by atoms with E-state index in [4.69, 9.17) is 10.5 Å². The van der Waals surface area contributed by atoms with Crippen molar-refractivity contribution in [2.45, 2.75) is 19.4 Å². The maximum atomic E-state index is 12.4. The second-order valence-electron chi connectivity index (χ2n) is 4.68. The molecule has 1 fully saturated rings. The molecule has 1 unspecified atom stereocenters. The number of carbonyl (C=O) groups is 1. The quantitative estimate of drug-likeness (QED) is 0.512. The number of morpholine rings is 1. The Hall–Kier alpha value is -2.15. The van der Waals surface area contributed by atoms with Gasteiger partial charge in [0.2, 0.25) is 0 Å². The fraction of sp³-hybridized carbons (Fsp3) is 0.462. The lowest BCUT2D eigenvalue weighted by atomic mass is 10.1. The summed E-state index contributed by atoms with van der Waals surface area (Å²) >= 11 is 0. The minimum atomic E-state index is -0.537. The van der Waals surface area contributed by atoms with Crippen molar-refractivity contribution in [3.05, 3.63) is 33.9 Å². The molecule has 20 heavy (non-hydrogen) atoms. The van der Waals surface area contributed by atoms with Gasteiger partial charge in [0.05, 0.1) is 23.2 Å². The monoisotopic (exact) mass is 279 g/mol. The van der Waals surface area contributed by atoms with Crippen LogP contribution in [0, 0.1) is 10.1 Å². The van der Waals surface area contributed by atoms with Gasteiger partial charge in [-0.1, -0.05) is 6.92 Å². The van der Waals surface area contributed by atoms with Crippen LogP contribution in [0.15, 0.2) is 18.2 Å². The highest BCUT2D eigenvalue weighted by Gasteiger charge is 2.26. The number of benzene rings is 1. The summed E-state index contributed by atoms with van der Waals surface area (Å²) < 4.78 is 5.50. The first kappa shape index (κ1) is 14.3. The smallest absolute Gasteiger partial charge is 0.270 e. The molecule has 0 spiro atoms. The van der Waals surface area contributed by atoms with E-state index in [1.165, 1.54) is 18.2 Å². The van der Waals surface area contributed by atoms with E-state index >= 15 is 0 Å². The fourth-order valence-electron chi connectivity index (χ4n) is 2.16. The first-order valence-electron chi connectivity index (χ1n) is 6.47. The van der Waals surface area contributed by atoms with Crippen LogP contribution in [0.25, 0.3) is 0 Å². The summed E-state index contributed by atoms with van der Waals surface area (Å²) in [5.41, 5.74) is 6.05. The van der Waals surface area contributed by atoms with Gasteiger partial charge in [-0.05, 0) is 12.5 Å². The maximum absolute atomic E-state index is 12.4. The van der Waals surface area contributed by atoms with Gasteiger partial charge in [0.15, 0.2) is 0 Å². The Morgan fingerprint density at radius 2 is 2.35 bits per heavy atom. The third-order valence-electron chi connectivity index (χ3n) is 3.36. The Labute approximate surface area is 116 Å². The van der Waals surface area contributed by atoms with Crippen LogP contribution in [0.1, 0.15) is 23.7 Å². The van der Waals surface area contributed by atoms with E-state index in [1.54, 1.807) is 4.90 Å². The molecule has 1 heterocycles. The van der Waals surface area contributed by atoms with Gasteiger partial charge in [-0.2, -0.15) is 0 Å². The van der Waals surface area contributed by atoms with Crippen LogP contribution in [0.3, 0.4) is 0 Å². The molecule has 2 N–H and O–H groups in total. The number of nitrogen functional groups attached to an aromatic ring is 1. The number of nitrogens with zero attached hydrogens (tertiary/aromatic N) is 2. The zero-order chi connectivity index (χ0) is 14.7. The van der Waals surface area contributed by atoms with Gasteiger partial charge in [-0.3, -0.25) is 14.9 Å². The van der Waals surface area contributed by atoms with Gasteiger partial charge in [0.25, 0.3) is 11.6 Å². The van der Waals surface area contributed by atoms with Gasteiger partial charge in [0, 0.05) is 30.9 Å². The van der Waals surface area contributed by atoms with Crippen molar-refractivity contribution in [2.75, 3.05) is 25.4 Å². The van der Waals surface area contributed by atoms with Crippen molar-refractivity contribution in [3.8, 4) is 0 Å². The molecule has 0 aromatic heterocycles. The van der Waals surface area contributed by atoms with Crippen molar-refractivity contribution in [3.63, 3.8) is 0 Å². The van der Waals surface area contributed by atoms with Crippen LogP contribution in [0.4, 0.5) is 11.4 Å². The number of anilines is 1. The van der Waals surface area contributed by atoms with Gasteiger partial charge in [-0.25, -0.2) is 0 Å². The molecular formula is C13H17N3O4. The molecule has 7 nitrogen and oxygen atoms in total. The van der Waals surface area contributed by atoms with Crippen LogP contribution in [-0.2, 0) is 4.74 Å². The minimum Gasteiger partial charge on any atom is -0.398 e. The van der Waals surface area contributed by atoms with E-state index in [1.807, 2.05) is 6.92 Å². The molecule has 2 rings (SSSR count). The first-order chi connectivity index (χ1) is 9.52. The maximum Gasteiger partial charge on any atom is 0.270 e. The molecule has 0 aliphatic carbocycles. The van der Waals surface area contributed by atoms with Gasteiger partial charge in [0.1, 0.15) is 0 Å². The zero-order valence-electron chi connectivity index (χ0n) is 11.2. The van der Waals surface area contributed by atoms with E-state index in [0.29, 0.717) is 19.7 Å². The number of non-ortho nitro benzene ring substituents is 1. The molecular weight excluding hydrogens is 262 g/mol. The summed E-state index contributed by atoms with van der Waals surface area (Å²) in [6.07, 6.45) is 0.821. The zero-order valence-corrected chi connectivity index (χ0v) is 11.2. The molecule has 0 bridgehead atoms. The minimum absolute atomic E-state index is 0.00706. The number of nitrogens with two attached hydrogens (primary N) is 1. The summed E-state index contributed by atoms with van der Waals surface area (Å²) in [5, 5.41) is 10.8. The van der Waals surface area contributed by atoms with E-state index in [2.05, 4.69) is 0 Å². The fourth-order valence-corrected chi connectivity index (χ4v) is 2.16. The Bertz CT molecular complexity index is 532. The number of nitro benzene ring substituents is 1. The highest BCUT2D eigenvalue weighted by Crippen LogP contribution is 2.22. The first-order valence-corrected chi connectivity index (χ1v) is 6.47. The van der Waals surface area contributed by atoms with E-state index in [0.717, 1.165) is 6.42 Å². The van der Waals surface area contributed by atoms with Crippen molar-refractivity contribution < 1.29 is 14.5 Å². The summed E-state index contributed by atoms with van der Waals surface area (Å²) in [4.78, 5) is 24.3. The molecule has 1 saturated heterocycles. The van der Waals surface area contributed by atoms with Crippen molar-refractivity contribution >= 4 is 17.3 Å². The van der Waals surface area contributed by atoms with E-state index in [9.17, 15) is 14.9 Å². The molecule has 1 aliphatic heterocycles. The van der Waals surface area contributed by atoms with Crippen LogP contribution >= 0.6 is 0 Å². The molecule has 0 radical (unpaired) electrons. The lowest BCUT2D eigenvalue weighted by Gasteiger charge is -2.32. The average Bonchev–Trinajstić information content (AvgIpc) is 2.46. The number of nitro groups is 1. The Balaban J connectivity index is 2.24. The van der Waals surface area contributed by atoms with Crippen molar-refractivity contribution in [1.82, 2.24) is 4.90 Å². The Morgan fingerprint density at radius 3 is 3.00 bits per heavy atom. The topological polar surface area (TPSA) is 98.7 Å². The molecule has 1 aromatic rings. The van der Waals surface area contributed by atoms with E-state index in [-0.39, 0.29) is 28.9 Å². The van der Waals surface area contributed by atoms with Crippen molar-refractivity contribution in [1.29, 1.82) is 0 Å². The number of carbonyl (C=O) groups excluding carboxylic acids is 1. The predicted molar refractivity (Wildman–Crippen MR) is 73.4 cm³/mol. The number of hydrogen-bond donors (Lipinski definition) is 1. The van der Waals surface area contributed by atoms with Crippen LogP contribution in [0.5, 0.6) is 0 Å². The number of ether oxygens (including phenoxy) is 1. The second kappa shape index (κ2) is 5.87. The summed E-state index contributed by atoms with van der Waals surface area (Å²) in [5.74, 6) is -0.284. The highest BCUT2D eigenvalue weighted by molar-refractivity contribution is 5.99. The summed E-state index contributed by atoms with van der Waals surface area (Å²) in [6.45, 7) is 3.41. The number of amides is 1. The van der Waals surface area contributed by atoms with Crippen LogP contribution < -0.4 is 5.73 Å². The molecule has 108 valence electrons. The van der Waals surface area contributed by atoms with Gasteiger partial charge < -0.3 is 15.4 Å². The number of rotatable bonds is 3. The molecule has 1 amide bonds. The van der Waals surface area contributed by atoms with Crippen molar-refractivity contribution in [2.24, 2.45) is 0 Å². The second-order valence-corrected chi connectivity index (χ2v) is 4.68. The molecule has 1 aromatic carbocycles.